The Balaban J connectivity index is 1.46. The lowest BCUT2D eigenvalue weighted by Crippen LogP contribution is -2.23. The first-order chi connectivity index (χ1) is 17.7. The molecular formula is C25H37N3O8S. The average molecular weight is 540 g/mol. The SMILES string of the molecule is NS(=O)(=O)OC(=O)c1cccc(CCCOCCCCCCCNCC(O)c2ccc(O)c(CO)n2)c1. The maximum atomic E-state index is 11.8. The molecule has 2 aromatic rings. The number of unbranched alkanes of at least 4 members (excludes halogenated alkanes) is 4. The number of hydrogen-bond acceptors (Lipinski definition) is 10. The molecule has 1 aromatic carbocycles. The number of aromatic nitrogens is 1. The minimum Gasteiger partial charge on any atom is -0.506 e. The number of benzene rings is 1. The maximum absolute atomic E-state index is 11.8. The van der Waals surface area contributed by atoms with Crippen LogP contribution in [0.4, 0.5) is 0 Å². The first-order valence-corrected chi connectivity index (χ1v) is 13.8. The van der Waals surface area contributed by atoms with Crippen LogP contribution in [0.5, 0.6) is 5.75 Å². The van der Waals surface area contributed by atoms with Gasteiger partial charge < -0.3 is 29.6 Å². The summed E-state index contributed by atoms with van der Waals surface area (Å²) in [6, 6.07) is 9.52. The Labute approximate surface area is 217 Å². The third kappa shape index (κ3) is 12.5. The number of aliphatic hydroxyl groups is 2. The summed E-state index contributed by atoms with van der Waals surface area (Å²) in [6.07, 6.45) is 5.84. The lowest BCUT2D eigenvalue weighted by molar-refractivity contribution is 0.0746. The molecule has 0 aliphatic heterocycles. The zero-order chi connectivity index (χ0) is 27.1. The molecule has 0 bridgehead atoms. The number of rotatable bonds is 18. The second kappa shape index (κ2) is 16.3. The molecule has 0 spiro atoms. The molecule has 6 N–H and O–H groups in total. The molecule has 0 aliphatic rings. The Morgan fingerprint density at radius 1 is 1.05 bits per heavy atom. The summed E-state index contributed by atoms with van der Waals surface area (Å²) in [5.41, 5.74) is 1.57. The van der Waals surface area contributed by atoms with Crippen molar-refractivity contribution in [3.63, 3.8) is 0 Å². The van der Waals surface area contributed by atoms with E-state index in [4.69, 9.17) is 15.0 Å². The monoisotopic (exact) mass is 539 g/mol. The van der Waals surface area contributed by atoms with Gasteiger partial charge in [0.25, 0.3) is 0 Å². The van der Waals surface area contributed by atoms with Gasteiger partial charge in [0.05, 0.1) is 17.9 Å². The van der Waals surface area contributed by atoms with Crippen LogP contribution in [0.2, 0.25) is 0 Å². The van der Waals surface area contributed by atoms with Crippen molar-refractivity contribution in [2.75, 3.05) is 26.3 Å². The lowest BCUT2D eigenvalue weighted by Gasteiger charge is -2.13. The van der Waals surface area contributed by atoms with Gasteiger partial charge in [-0.2, -0.15) is 13.6 Å². The van der Waals surface area contributed by atoms with Crippen LogP contribution in [0.1, 0.15) is 71.9 Å². The minimum atomic E-state index is -4.34. The van der Waals surface area contributed by atoms with Crippen LogP contribution in [0, 0.1) is 0 Å². The highest BCUT2D eigenvalue weighted by Gasteiger charge is 2.14. The van der Waals surface area contributed by atoms with E-state index in [1.165, 1.54) is 12.1 Å². The minimum absolute atomic E-state index is 0.0888. The molecule has 0 saturated carbocycles. The van der Waals surface area contributed by atoms with Gasteiger partial charge in [0, 0.05) is 19.8 Å². The number of aliphatic hydroxyl groups excluding tert-OH is 2. The van der Waals surface area contributed by atoms with Crippen molar-refractivity contribution in [2.45, 2.75) is 57.7 Å². The molecule has 0 fully saturated rings. The van der Waals surface area contributed by atoms with Gasteiger partial charge in [-0.05, 0) is 62.1 Å². The number of ether oxygens (including phenoxy) is 1. The fourth-order valence-corrected chi connectivity index (χ4v) is 3.94. The van der Waals surface area contributed by atoms with Crippen molar-refractivity contribution in [1.29, 1.82) is 0 Å². The molecule has 0 aliphatic carbocycles. The van der Waals surface area contributed by atoms with Gasteiger partial charge >= 0.3 is 16.3 Å². The summed E-state index contributed by atoms with van der Waals surface area (Å²) in [7, 11) is -4.34. The number of carbonyl (C=O) groups is 1. The third-order valence-electron chi connectivity index (χ3n) is 5.55. The topological polar surface area (TPSA) is 181 Å². The highest BCUT2D eigenvalue weighted by molar-refractivity contribution is 7.84. The highest BCUT2D eigenvalue weighted by atomic mass is 32.2. The molecule has 0 radical (unpaired) electrons. The zero-order valence-corrected chi connectivity index (χ0v) is 21.7. The van der Waals surface area contributed by atoms with E-state index < -0.39 is 22.4 Å². The number of nitrogens with zero attached hydrogens (tertiary/aromatic N) is 1. The lowest BCUT2D eigenvalue weighted by atomic mass is 10.1. The van der Waals surface area contributed by atoms with E-state index in [-0.39, 0.29) is 23.6 Å². The highest BCUT2D eigenvalue weighted by Crippen LogP contribution is 2.18. The quantitative estimate of drug-likeness (QED) is 0.175. The molecule has 37 heavy (non-hydrogen) atoms. The standard InChI is InChI=1S/C25H37N3O8S/c26-37(33,34)36-25(32)20-10-6-8-19(16-20)9-7-15-35-14-5-3-1-2-4-13-27-17-24(31)21-11-12-23(30)22(18-29)28-21/h6,8,10-12,16,24,27,29-31H,1-5,7,9,13-15,17-18H2,(H2,26,33,34). The predicted octanol–water partition coefficient (Wildman–Crippen LogP) is 1.86. The Morgan fingerprint density at radius 2 is 1.78 bits per heavy atom. The van der Waals surface area contributed by atoms with Crippen LogP contribution in [-0.4, -0.2) is 61.0 Å². The van der Waals surface area contributed by atoms with Crippen LogP contribution in [0.3, 0.4) is 0 Å². The summed E-state index contributed by atoms with van der Waals surface area (Å²) in [6.45, 7) is 2.01. The number of nitrogens with one attached hydrogen (secondary N) is 1. The molecule has 1 atom stereocenters. The van der Waals surface area contributed by atoms with Crippen molar-refractivity contribution in [3.05, 3.63) is 58.9 Å². The number of aromatic hydroxyl groups is 1. The molecule has 0 amide bonds. The third-order valence-corrected chi connectivity index (χ3v) is 5.94. The van der Waals surface area contributed by atoms with Gasteiger partial charge in [0.1, 0.15) is 17.5 Å². The van der Waals surface area contributed by atoms with Crippen molar-refractivity contribution in [2.24, 2.45) is 5.14 Å². The molecule has 12 heteroatoms. The van der Waals surface area contributed by atoms with E-state index in [2.05, 4.69) is 14.5 Å². The Hall–Kier alpha value is -2.61. The second-order valence-corrected chi connectivity index (χ2v) is 9.78. The number of hydrogen-bond donors (Lipinski definition) is 5. The van der Waals surface area contributed by atoms with Gasteiger partial charge in [-0.3, -0.25) is 0 Å². The van der Waals surface area contributed by atoms with Gasteiger partial charge in [0.15, 0.2) is 0 Å². The van der Waals surface area contributed by atoms with Crippen LogP contribution in [0.25, 0.3) is 0 Å². The van der Waals surface area contributed by atoms with Crippen LogP contribution in [0.15, 0.2) is 36.4 Å². The molecule has 0 saturated heterocycles. The molecule has 206 valence electrons. The van der Waals surface area contributed by atoms with E-state index >= 15 is 0 Å². The maximum Gasteiger partial charge on any atom is 0.382 e. The van der Waals surface area contributed by atoms with Gasteiger partial charge in [-0.25, -0.2) is 9.78 Å². The Kier molecular flexibility index (Phi) is 13.5. The van der Waals surface area contributed by atoms with Gasteiger partial charge in [-0.15, -0.1) is 0 Å². The summed E-state index contributed by atoms with van der Waals surface area (Å²) >= 11 is 0. The number of aryl methyl sites for hydroxylation is 1. The molecule has 1 unspecified atom stereocenters. The van der Waals surface area contributed by atoms with E-state index in [1.54, 1.807) is 18.2 Å². The number of carbonyl (C=O) groups excluding carboxylic acids is 1. The average Bonchev–Trinajstić information content (AvgIpc) is 2.86. The summed E-state index contributed by atoms with van der Waals surface area (Å²) in [5, 5.41) is 36.8. The van der Waals surface area contributed by atoms with E-state index in [0.717, 1.165) is 50.6 Å². The molecular weight excluding hydrogens is 502 g/mol. The van der Waals surface area contributed by atoms with Crippen LogP contribution >= 0.6 is 0 Å². The smallest absolute Gasteiger partial charge is 0.382 e. The molecule has 2 rings (SSSR count). The van der Waals surface area contributed by atoms with Crippen molar-refractivity contribution >= 4 is 16.3 Å². The zero-order valence-electron chi connectivity index (χ0n) is 20.8. The van der Waals surface area contributed by atoms with Gasteiger partial charge in [-0.1, -0.05) is 31.4 Å². The summed E-state index contributed by atoms with van der Waals surface area (Å²) in [5.74, 6) is -1.09. The fraction of sp³-hybridized carbons (Fsp3) is 0.520. The number of nitrogens with two attached hydrogens (primary N) is 1. The van der Waals surface area contributed by atoms with Crippen molar-refractivity contribution in [1.82, 2.24) is 10.3 Å². The number of pyridine rings is 1. The Bertz CT molecular complexity index is 1080. The Morgan fingerprint density at radius 3 is 2.54 bits per heavy atom. The molecule has 1 aromatic heterocycles. The predicted molar refractivity (Wildman–Crippen MR) is 137 cm³/mol. The fourth-order valence-electron chi connectivity index (χ4n) is 3.63. The first-order valence-electron chi connectivity index (χ1n) is 12.3. The van der Waals surface area contributed by atoms with E-state index in [0.29, 0.717) is 31.9 Å². The normalized spacial score (nSPS) is 12.4. The largest absolute Gasteiger partial charge is 0.506 e. The van der Waals surface area contributed by atoms with Gasteiger partial charge in [0.2, 0.25) is 0 Å². The summed E-state index contributed by atoms with van der Waals surface area (Å²) in [4.78, 5) is 15.8. The molecule has 11 nitrogen and oxygen atoms in total. The summed E-state index contributed by atoms with van der Waals surface area (Å²) < 4.78 is 31.6. The van der Waals surface area contributed by atoms with Crippen molar-refractivity contribution in [3.8, 4) is 5.75 Å². The van der Waals surface area contributed by atoms with Crippen molar-refractivity contribution < 1.29 is 37.5 Å². The molecule has 1 heterocycles. The second-order valence-electron chi connectivity index (χ2n) is 8.63. The van der Waals surface area contributed by atoms with E-state index in [1.807, 2.05) is 6.07 Å². The first kappa shape index (κ1) is 30.6. The van der Waals surface area contributed by atoms with E-state index in [9.17, 15) is 23.4 Å². The van der Waals surface area contributed by atoms with Crippen LogP contribution < -0.4 is 10.5 Å². The van der Waals surface area contributed by atoms with Crippen LogP contribution in [-0.2, 0) is 32.3 Å².